The van der Waals surface area contributed by atoms with Crippen molar-refractivity contribution in [2.24, 2.45) is 0 Å². The Morgan fingerprint density at radius 1 is 0.226 bits per heavy atom. The summed E-state index contributed by atoms with van der Waals surface area (Å²) in [5.41, 5.74) is 19.2. The van der Waals surface area contributed by atoms with E-state index in [0.29, 0.717) is 0 Å². The van der Waals surface area contributed by atoms with E-state index >= 15 is 0 Å². The molecule has 4 aromatic heterocycles. The van der Waals surface area contributed by atoms with Gasteiger partial charge < -0.3 is 23.5 Å². The van der Waals surface area contributed by atoms with E-state index in [-0.39, 0.29) is 0 Å². The van der Waals surface area contributed by atoms with E-state index in [1.54, 1.807) is 0 Å². The standard InChI is InChI=1S/C78H51N5S/c1-5-21-54(22-6-1)79(61-42-47-74-70(50-61)67-44-45-68-66-32-15-18-35-76(66)84-78(68)77(67)83(74)57-27-11-4-12-28-57)59-29-19-20-53(48-59)52-36-38-58(39-37-52)80(60-41-46-73-69(49-60)64-31-14-17-34-72(64)81(73)55-23-7-2-8-24-55)62-40-43-65-63-30-13-16-33-71(63)82(75(65)51-62)56-25-9-3-10-26-56/h1-51H. The molecule has 17 rings (SSSR count). The molecule has 0 saturated carbocycles. The SMILES string of the molecule is c1ccc(N(c2cccc(-c3ccc(N(c4ccc5c(c4)c4ccccc4n5-c4ccccc4)c4ccc5c6ccccc6n(-c6ccccc6)c5c4)cc3)c2)c2ccc3c(c2)c2ccc4c5ccccc5sc4c2n3-c2ccccc2)cc1. The highest BCUT2D eigenvalue weighted by Crippen LogP contribution is 2.47. The van der Waals surface area contributed by atoms with Gasteiger partial charge in [0.05, 0.1) is 37.8 Å². The van der Waals surface area contributed by atoms with Crippen molar-refractivity contribution in [2.75, 3.05) is 9.80 Å². The lowest BCUT2D eigenvalue weighted by Crippen LogP contribution is -2.10. The van der Waals surface area contributed by atoms with Crippen LogP contribution in [0, 0.1) is 0 Å². The highest BCUT2D eigenvalue weighted by molar-refractivity contribution is 7.26. The summed E-state index contributed by atoms with van der Waals surface area (Å²) in [6.07, 6.45) is 0. The third-order valence-electron chi connectivity index (χ3n) is 17.0. The summed E-state index contributed by atoms with van der Waals surface area (Å²) in [6.45, 7) is 0. The summed E-state index contributed by atoms with van der Waals surface area (Å²) in [6, 6.07) is 113. The number of nitrogens with zero attached hydrogens (tertiary/aromatic N) is 5. The average molecular weight is 1090 g/mol. The Morgan fingerprint density at radius 3 is 1.30 bits per heavy atom. The van der Waals surface area contributed by atoms with Crippen LogP contribution in [0.25, 0.3) is 114 Å². The second kappa shape index (κ2) is 19.4. The molecule has 0 spiro atoms. The molecule has 13 aromatic carbocycles. The third kappa shape index (κ3) is 7.62. The van der Waals surface area contributed by atoms with Crippen molar-refractivity contribution >= 4 is 131 Å². The summed E-state index contributed by atoms with van der Waals surface area (Å²) >= 11 is 1.88. The molecule has 0 bridgehead atoms. The van der Waals surface area contributed by atoms with Crippen molar-refractivity contribution in [3.05, 3.63) is 309 Å². The lowest BCUT2D eigenvalue weighted by atomic mass is 10.0. The van der Waals surface area contributed by atoms with Gasteiger partial charge in [0.15, 0.2) is 0 Å². The van der Waals surface area contributed by atoms with Gasteiger partial charge in [-0.1, -0.05) is 170 Å². The first-order valence-electron chi connectivity index (χ1n) is 28.7. The Kier molecular flexibility index (Phi) is 11.0. The third-order valence-corrected chi connectivity index (χ3v) is 18.2. The van der Waals surface area contributed by atoms with Crippen molar-refractivity contribution in [3.8, 4) is 28.2 Å². The van der Waals surface area contributed by atoms with Crippen LogP contribution in [0.1, 0.15) is 0 Å². The van der Waals surface area contributed by atoms with Crippen LogP contribution in [0.3, 0.4) is 0 Å². The molecule has 84 heavy (non-hydrogen) atoms. The summed E-state index contributed by atoms with van der Waals surface area (Å²) in [4.78, 5) is 4.83. The smallest absolute Gasteiger partial charge is 0.0719 e. The number of rotatable bonds is 10. The minimum atomic E-state index is 1.06. The number of para-hydroxylation sites is 6. The maximum absolute atomic E-state index is 2.47. The van der Waals surface area contributed by atoms with Gasteiger partial charge in [-0.15, -0.1) is 11.3 Å². The summed E-state index contributed by atoms with van der Waals surface area (Å²) in [5.74, 6) is 0. The maximum Gasteiger partial charge on any atom is 0.0719 e. The van der Waals surface area contributed by atoms with Gasteiger partial charge in [0.2, 0.25) is 0 Å². The fourth-order valence-corrected chi connectivity index (χ4v) is 14.5. The van der Waals surface area contributed by atoms with E-state index in [2.05, 4.69) is 333 Å². The average Bonchev–Trinajstić information content (AvgIpc) is 4.26. The molecule has 0 N–H and O–H groups in total. The van der Waals surface area contributed by atoms with Gasteiger partial charge >= 0.3 is 0 Å². The highest BCUT2D eigenvalue weighted by Gasteiger charge is 2.23. The molecule has 0 radical (unpaired) electrons. The number of benzene rings is 13. The van der Waals surface area contributed by atoms with Gasteiger partial charge in [0.25, 0.3) is 0 Å². The number of anilines is 6. The normalized spacial score (nSPS) is 11.8. The Morgan fingerprint density at radius 2 is 0.643 bits per heavy atom. The minimum Gasteiger partial charge on any atom is -0.310 e. The fourth-order valence-electron chi connectivity index (χ4n) is 13.3. The molecular weight excluding hydrogens is 1040 g/mol. The summed E-state index contributed by atoms with van der Waals surface area (Å²) in [5, 5.41) is 9.90. The number of thiophene rings is 1. The maximum atomic E-state index is 2.47. The first-order valence-corrected chi connectivity index (χ1v) is 29.5. The summed E-state index contributed by atoms with van der Waals surface area (Å²) < 4.78 is 9.86. The molecule has 0 aliphatic heterocycles. The largest absolute Gasteiger partial charge is 0.310 e. The van der Waals surface area contributed by atoms with Crippen molar-refractivity contribution in [2.45, 2.75) is 0 Å². The molecule has 0 amide bonds. The molecule has 0 aliphatic rings. The second-order valence-electron chi connectivity index (χ2n) is 21.7. The first-order chi connectivity index (χ1) is 41.7. The van der Waals surface area contributed by atoms with Gasteiger partial charge in [0.1, 0.15) is 0 Å². The quantitative estimate of drug-likeness (QED) is 0.136. The van der Waals surface area contributed by atoms with Crippen LogP contribution in [0.15, 0.2) is 309 Å². The predicted octanol–water partition coefficient (Wildman–Crippen LogP) is 22.0. The zero-order chi connectivity index (χ0) is 55.2. The van der Waals surface area contributed by atoms with Crippen LogP contribution in [0.4, 0.5) is 34.1 Å². The zero-order valence-electron chi connectivity index (χ0n) is 45.6. The van der Waals surface area contributed by atoms with Crippen molar-refractivity contribution in [1.29, 1.82) is 0 Å². The topological polar surface area (TPSA) is 21.3 Å². The molecule has 0 fully saturated rings. The van der Waals surface area contributed by atoms with Crippen molar-refractivity contribution < 1.29 is 0 Å². The van der Waals surface area contributed by atoms with Crippen LogP contribution in [-0.4, -0.2) is 13.7 Å². The molecule has 394 valence electrons. The minimum absolute atomic E-state index is 1.06. The Labute approximate surface area is 489 Å². The monoisotopic (exact) mass is 1090 g/mol. The number of hydrogen-bond donors (Lipinski definition) is 0. The molecule has 0 unspecified atom stereocenters. The number of hydrogen-bond acceptors (Lipinski definition) is 3. The van der Waals surface area contributed by atoms with E-state index < -0.39 is 0 Å². The Balaban J connectivity index is 0.805. The van der Waals surface area contributed by atoms with Crippen LogP contribution < -0.4 is 9.80 Å². The van der Waals surface area contributed by atoms with Gasteiger partial charge in [-0.2, -0.15) is 0 Å². The molecular formula is C78H51N5S. The van der Waals surface area contributed by atoms with Crippen molar-refractivity contribution in [1.82, 2.24) is 13.7 Å². The highest BCUT2D eigenvalue weighted by atomic mass is 32.1. The Bertz CT molecular complexity index is 5370. The molecule has 6 heteroatoms. The predicted molar refractivity (Wildman–Crippen MR) is 357 cm³/mol. The van der Waals surface area contributed by atoms with Crippen molar-refractivity contribution in [3.63, 3.8) is 0 Å². The zero-order valence-corrected chi connectivity index (χ0v) is 46.4. The lowest BCUT2D eigenvalue weighted by Gasteiger charge is -2.27. The fraction of sp³-hybridized carbons (Fsp3) is 0. The summed E-state index contributed by atoms with van der Waals surface area (Å²) in [7, 11) is 0. The molecule has 0 saturated heterocycles. The van der Waals surface area contributed by atoms with Gasteiger partial charge in [-0.3, -0.25) is 0 Å². The second-order valence-corrected chi connectivity index (χ2v) is 22.7. The van der Waals surface area contributed by atoms with Crippen LogP contribution in [-0.2, 0) is 0 Å². The van der Waals surface area contributed by atoms with E-state index in [4.69, 9.17) is 0 Å². The lowest BCUT2D eigenvalue weighted by molar-refractivity contribution is 1.17. The van der Waals surface area contributed by atoms with E-state index in [9.17, 15) is 0 Å². The molecule has 4 heterocycles. The van der Waals surface area contributed by atoms with Gasteiger partial charge in [-0.05, 0) is 151 Å². The Hall–Kier alpha value is -10.9. The molecule has 17 aromatic rings. The molecule has 0 atom stereocenters. The van der Waals surface area contributed by atoms with Crippen LogP contribution >= 0.6 is 11.3 Å². The number of fused-ring (bicyclic) bond motifs is 13. The van der Waals surface area contributed by atoms with E-state index in [1.807, 2.05) is 11.3 Å². The van der Waals surface area contributed by atoms with E-state index in [1.165, 1.54) is 74.6 Å². The first kappa shape index (κ1) is 47.8. The van der Waals surface area contributed by atoms with Gasteiger partial charge in [0, 0.05) is 99.0 Å². The van der Waals surface area contributed by atoms with Crippen LogP contribution in [0.5, 0.6) is 0 Å². The molecule has 0 aliphatic carbocycles. The van der Waals surface area contributed by atoms with Gasteiger partial charge in [-0.25, -0.2) is 0 Å². The van der Waals surface area contributed by atoms with E-state index in [0.717, 1.165) is 73.3 Å². The van der Waals surface area contributed by atoms with Crippen LogP contribution in [0.2, 0.25) is 0 Å². The number of aromatic nitrogens is 3. The molecule has 5 nitrogen and oxygen atoms in total.